The molecule has 0 aromatic carbocycles. The normalized spacial score (nSPS) is 10.8. The Morgan fingerprint density at radius 3 is 2.67 bits per heavy atom. The fraction of sp³-hybridized carbons (Fsp3) is 0.429. The number of carboxylic acids is 1. The van der Waals surface area contributed by atoms with Gasteiger partial charge in [-0.1, -0.05) is 4.49 Å². The second kappa shape index (κ2) is 4.22. The van der Waals surface area contributed by atoms with Crippen LogP contribution in [-0.4, -0.2) is 32.2 Å². The maximum Gasteiger partial charge on any atom is 0.328 e. The SMILES string of the molecule is CC(C)(NC(=O)Nc1cnns1)C(=O)O. The van der Waals surface area contributed by atoms with Crippen LogP contribution in [0.4, 0.5) is 9.80 Å². The lowest BCUT2D eigenvalue weighted by Gasteiger charge is -2.20. The molecule has 0 unspecified atom stereocenters. The van der Waals surface area contributed by atoms with Crippen molar-refractivity contribution in [3.8, 4) is 0 Å². The number of nitrogens with zero attached hydrogens (tertiary/aromatic N) is 2. The molecule has 1 aromatic rings. The van der Waals surface area contributed by atoms with Crippen LogP contribution >= 0.6 is 11.5 Å². The number of carboxylic acid groups (broad SMARTS) is 1. The molecule has 1 aromatic heterocycles. The largest absolute Gasteiger partial charge is 0.480 e. The topological polar surface area (TPSA) is 104 Å². The summed E-state index contributed by atoms with van der Waals surface area (Å²) in [7, 11) is 0. The summed E-state index contributed by atoms with van der Waals surface area (Å²) in [5, 5.41) is 17.4. The Bertz CT molecular complexity index is 362. The number of carbonyl (C=O) groups is 2. The van der Waals surface area contributed by atoms with Gasteiger partial charge in [0.2, 0.25) is 0 Å². The molecule has 1 heterocycles. The van der Waals surface area contributed by atoms with Gasteiger partial charge in [0, 0.05) is 11.5 Å². The summed E-state index contributed by atoms with van der Waals surface area (Å²) in [6.07, 6.45) is 1.37. The van der Waals surface area contributed by atoms with Crippen molar-refractivity contribution in [3.05, 3.63) is 6.20 Å². The Labute approximate surface area is 89.7 Å². The number of hydrogen-bond donors (Lipinski definition) is 3. The molecule has 8 heteroatoms. The van der Waals surface area contributed by atoms with Crippen molar-refractivity contribution < 1.29 is 14.7 Å². The summed E-state index contributed by atoms with van der Waals surface area (Å²) in [5.41, 5.74) is -1.32. The molecular formula is C7H10N4O3S. The lowest BCUT2D eigenvalue weighted by molar-refractivity contribution is -0.142. The summed E-state index contributed by atoms with van der Waals surface area (Å²) >= 11 is 1.01. The number of nitrogens with one attached hydrogen (secondary N) is 2. The molecule has 3 N–H and O–H groups in total. The van der Waals surface area contributed by atoms with Gasteiger partial charge in [0.15, 0.2) is 0 Å². The van der Waals surface area contributed by atoms with E-state index in [2.05, 4.69) is 20.2 Å². The van der Waals surface area contributed by atoms with Gasteiger partial charge in [-0.15, -0.1) is 5.10 Å². The highest BCUT2D eigenvalue weighted by Gasteiger charge is 2.28. The van der Waals surface area contributed by atoms with Crippen LogP contribution in [0.15, 0.2) is 6.20 Å². The molecular weight excluding hydrogens is 220 g/mol. The number of amides is 2. The maximum absolute atomic E-state index is 11.3. The highest BCUT2D eigenvalue weighted by atomic mass is 32.1. The van der Waals surface area contributed by atoms with E-state index in [-0.39, 0.29) is 0 Å². The first-order valence-electron chi connectivity index (χ1n) is 4.02. The van der Waals surface area contributed by atoms with Crippen molar-refractivity contribution in [1.29, 1.82) is 0 Å². The molecule has 0 atom stereocenters. The summed E-state index contributed by atoms with van der Waals surface area (Å²) in [5.74, 6) is -1.11. The number of rotatable bonds is 3. The fourth-order valence-electron chi connectivity index (χ4n) is 0.703. The summed E-state index contributed by atoms with van der Waals surface area (Å²) in [4.78, 5) is 22.0. The molecule has 1 rings (SSSR count). The highest BCUT2D eigenvalue weighted by Crippen LogP contribution is 2.09. The first-order chi connectivity index (χ1) is 6.92. The molecule has 0 radical (unpaired) electrons. The third-order valence-corrected chi connectivity index (χ3v) is 2.14. The minimum Gasteiger partial charge on any atom is -0.480 e. The van der Waals surface area contributed by atoms with Crippen LogP contribution in [0.1, 0.15) is 13.8 Å². The lowest BCUT2D eigenvalue weighted by atomic mass is 10.1. The van der Waals surface area contributed by atoms with Gasteiger partial charge < -0.3 is 10.4 Å². The average molecular weight is 230 g/mol. The first kappa shape index (κ1) is 11.4. The van der Waals surface area contributed by atoms with E-state index in [9.17, 15) is 9.59 Å². The average Bonchev–Trinajstić information content (AvgIpc) is 2.54. The zero-order valence-corrected chi connectivity index (χ0v) is 8.96. The quantitative estimate of drug-likeness (QED) is 0.702. The molecule has 2 amide bonds. The third kappa shape index (κ3) is 3.17. The molecule has 82 valence electrons. The number of urea groups is 1. The van der Waals surface area contributed by atoms with Gasteiger partial charge >= 0.3 is 12.0 Å². The van der Waals surface area contributed by atoms with Crippen LogP contribution in [-0.2, 0) is 4.79 Å². The van der Waals surface area contributed by atoms with Crippen molar-refractivity contribution in [3.63, 3.8) is 0 Å². The summed E-state index contributed by atoms with van der Waals surface area (Å²) in [6, 6.07) is -0.603. The fourth-order valence-corrected chi connectivity index (χ4v) is 1.12. The molecule has 15 heavy (non-hydrogen) atoms. The van der Waals surface area contributed by atoms with Gasteiger partial charge in [-0.25, -0.2) is 9.59 Å². The van der Waals surface area contributed by atoms with Crippen molar-refractivity contribution in [2.24, 2.45) is 0 Å². The van der Waals surface area contributed by atoms with E-state index in [4.69, 9.17) is 5.11 Å². The third-order valence-electron chi connectivity index (χ3n) is 1.56. The van der Waals surface area contributed by atoms with Gasteiger partial charge in [-0.05, 0) is 13.8 Å². The Kier molecular flexibility index (Phi) is 3.20. The van der Waals surface area contributed by atoms with E-state index in [1.54, 1.807) is 0 Å². The first-order valence-corrected chi connectivity index (χ1v) is 4.79. The summed E-state index contributed by atoms with van der Waals surface area (Å²) in [6.45, 7) is 2.78. The minimum atomic E-state index is -1.32. The molecule has 0 aliphatic rings. The van der Waals surface area contributed by atoms with Crippen LogP contribution in [0.5, 0.6) is 0 Å². The summed E-state index contributed by atoms with van der Waals surface area (Å²) < 4.78 is 3.54. The zero-order valence-electron chi connectivity index (χ0n) is 8.14. The number of aliphatic carboxylic acids is 1. The Morgan fingerprint density at radius 2 is 2.20 bits per heavy atom. The number of aromatic nitrogens is 2. The van der Waals surface area contributed by atoms with E-state index >= 15 is 0 Å². The van der Waals surface area contributed by atoms with Crippen LogP contribution in [0, 0.1) is 0 Å². The molecule has 0 aliphatic heterocycles. The molecule has 0 saturated heterocycles. The smallest absolute Gasteiger partial charge is 0.328 e. The molecule has 0 fully saturated rings. The van der Waals surface area contributed by atoms with E-state index in [0.29, 0.717) is 5.00 Å². The molecule has 0 aliphatic carbocycles. The van der Waals surface area contributed by atoms with Crippen molar-refractivity contribution >= 4 is 28.5 Å². The number of anilines is 1. The monoisotopic (exact) mass is 230 g/mol. The Hall–Kier alpha value is -1.70. The highest BCUT2D eigenvalue weighted by molar-refractivity contribution is 7.10. The lowest BCUT2D eigenvalue weighted by Crippen LogP contribution is -2.51. The van der Waals surface area contributed by atoms with E-state index in [1.807, 2.05) is 0 Å². The van der Waals surface area contributed by atoms with Gasteiger partial charge in [0.1, 0.15) is 10.5 Å². The molecule has 0 spiro atoms. The predicted molar refractivity (Wildman–Crippen MR) is 53.8 cm³/mol. The van der Waals surface area contributed by atoms with Crippen molar-refractivity contribution in [2.75, 3.05) is 5.32 Å². The predicted octanol–water partition coefficient (Wildman–Crippen LogP) is 0.523. The van der Waals surface area contributed by atoms with Crippen LogP contribution in [0.3, 0.4) is 0 Å². The van der Waals surface area contributed by atoms with Crippen LogP contribution < -0.4 is 10.6 Å². The van der Waals surface area contributed by atoms with E-state index in [0.717, 1.165) is 11.5 Å². The molecule has 7 nitrogen and oxygen atoms in total. The van der Waals surface area contributed by atoms with Crippen LogP contribution in [0.2, 0.25) is 0 Å². The number of hydrogen-bond acceptors (Lipinski definition) is 5. The second-order valence-electron chi connectivity index (χ2n) is 3.29. The Balaban J connectivity index is 2.53. The van der Waals surface area contributed by atoms with Gasteiger partial charge in [0.05, 0.1) is 6.20 Å². The Morgan fingerprint density at radius 1 is 1.53 bits per heavy atom. The van der Waals surface area contributed by atoms with Crippen molar-refractivity contribution in [2.45, 2.75) is 19.4 Å². The standard InChI is InChI=1S/C7H10N4O3S/c1-7(2,5(12)13)10-6(14)9-4-3-8-11-15-4/h3H,1-2H3,(H,12,13)(H2,9,10,14). The van der Waals surface area contributed by atoms with Gasteiger partial charge in [-0.3, -0.25) is 5.32 Å². The van der Waals surface area contributed by atoms with Crippen LogP contribution in [0.25, 0.3) is 0 Å². The van der Waals surface area contributed by atoms with Gasteiger partial charge in [-0.2, -0.15) is 0 Å². The number of carbonyl (C=O) groups excluding carboxylic acids is 1. The second-order valence-corrected chi connectivity index (χ2v) is 4.08. The van der Waals surface area contributed by atoms with E-state index < -0.39 is 17.5 Å². The van der Waals surface area contributed by atoms with Gasteiger partial charge in [0.25, 0.3) is 0 Å². The maximum atomic E-state index is 11.3. The molecule has 0 saturated carbocycles. The van der Waals surface area contributed by atoms with E-state index in [1.165, 1.54) is 20.0 Å². The molecule has 0 bridgehead atoms. The zero-order chi connectivity index (χ0) is 11.5. The van der Waals surface area contributed by atoms with Crippen molar-refractivity contribution in [1.82, 2.24) is 14.9 Å². The minimum absolute atomic E-state index is 0.452.